The summed E-state index contributed by atoms with van der Waals surface area (Å²) < 4.78 is 1.91. The van der Waals surface area contributed by atoms with E-state index in [1.165, 1.54) is 23.1 Å². The quantitative estimate of drug-likeness (QED) is 0.608. The molecule has 0 radical (unpaired) electrons. The smallest absolute Gasteiger partial charge is 0.236 e. The highest BCUT2D eigenvalue weighted by molar-refractivity contribution is 7.99. The van der Waals surface area contributed by atoms with Gasteiger partial charge in [0.1, 0.15) is 5.01 Å². The molecule has 9 heteroatoms. The first kappa shape index (κ1) is 19.5. The molecule has 142 valence electrons. The fraction of sp³-hybridized carbons (Fsp3) is 0.389. The molecule has 3 aromatic rings. The highest BCUT2D eigenvalue weighted by Gasteiger charge is 2.15. The molecule has 0 unspecified atom stereocenters. The van der Waals surface area contributed by atoms with Crippen molar-refractivity contribution in [2.45, 2.75) is 32.3 Å². The molecule has 0 spiro atoms. The number of benzene rings is 1. The zero-order valence-corrected chi connectivity index (χ0v) is 17.4. The van der Waals surface area contributed by atoms with Gasteiger partial charge in [-0.2, -0.15) is 0 Å². The number of carbonyl (C=O) groups excluding carboxylic acids is 1. The van der Waals surface area contributed by atoms with Crippen LogP contribution in [0.1, 0.15) is 24.4 Å². The lowest BCUT2D eigenvalue weighted by atomic mass is 10.1. The molecule has 1 N–H and O–H groups in total. The second kappa shape index (κ2) is 8.62. The van der Waals surface area contributed by atoms with Gasteiger partial charge in [-0.3, -0.25) is 10.1 Å². The number of thioether (sulfide) groups is 1. The Morgan fingerprint density at radius 3 is 2.74 bits per heavy atom. The molecular weight excluding hydrogens is 380 g/mol. The number of hydrogen-bond acceptors (Lipinski definition) is 7. The second-order valence-corrected chi connectivity index (χ2v) is 8.62. The Kier molecular flexibility index (Phi) is 6.22. The van der Waals surface area contributed by atoms with Crippen LogP contribution < -0.4 is 5.32 Å². The molecule has 2 heterocycles. The molecule has 7 nitrogen and oxygen atoms in total. The lowest BCUT2D eigenvalue weighted by Gasteiger charge is -2.06. The molecule has 27 heavy (non-hydrogen) atoms. The summed E-state index contributed by atoms with van der Waals surface area (Å²) in [4.78, 5) is 12.2. The summed E-state index contributed by atoms with van der Waals surface area (Å²) in [5.74, 6) is 1.40. The van der Waals surface area contributed by atoms with E-state index in [2.05, 4.69) is 39.6 Å². The van der Waals surface area contributed by atoms with Gasteiger partial charge in [0.2, 0.25) is 11.0 Å². The third-order valence-electron chi connectivity index (χ3n) is 3.85. The predicted octanol–water partition coefficient (Wildman–Crippen LogP) is 3.57. The monoisotopic (exact) mass is 402 g/mol. The van der Waals surface area contributed by atoms with E-state index in [1.54, 1.807) is 0 Å². The first-order chi connectivity index (χ1) is 12.9. The van der Waals surface area contributed by atoms with Gasteiger partial charge in [0.15, 0.2) is 11.0 Å². The zero-order chi connectivity index (χ0) is 19.4. The Labute approximate surface area is 166 Å². The van der Waals surface area contributed by atoms with Gasteiger partial charge in [-0.05, 0) is 18.4 Å². The average Bonchev–Trinajstić information content (AvgIpc) is 3.19. The molecule has 0 atom stereocenters. The fourth-order valence-electron chi connectivity index (χ4n) is 2.52. The third-order valence-corrected chi connectivity index (χ3v) is 5.73. The van der Waals surface area contributed by atoms with Crippen molar-refractivity contribution in [3.63, 3.8) is 0 Å². The van der Waals surface area contributed by atoms with Crippen molar-refractivity contribution in [3.8, 4) is 11.4 Å². The van der Waals surface area contributed by atoms with Crippen LogP contribution in [0.15, 0.2) is 29.4 Å². The maximum absolute atomic E-state index is 12.2. The van der Waals surface area contributed by atoms with Crippen molar-refractivity contribution < 1.29 is 4.79 Å². The molecule has 0 aliphatic heterocycles. The number of amides is 1. The van der Waals surface area contributed by atoms with Gasteiger partial charge in [-0.25, -0.2) is 0 Å². The minimum atomic E-state index is -0.132. The van der Waals surface area contributed by atoms with E-state index < -0.39 is 0 Å². The van der Waals surface area contributed by atoms with Crippen LogP contribution in [0.5, 0.6) is 0 Å². The summed E-state index contributed by atoms with van der Waals surface area (Å²) in [7, 11) is 1.91. The Bertz CT molecular complexity index is 934. The van der Waals surface area contributed by atoms with Crippen molar-refractivity contribution in [1.82, 2.24) is 25.0 Å². The van der Waals surface area contributed by atoms with Crippen molar-refractivity contribution in [2.24, 2.45) is 13.0 Å². The number of hydrogen-bond donors (Lipinski definition) is 1. The van der Waals surface area contributed by atoms with Gasteiger partial charge in [-0.15, -0.1) is 20.4 Å². The predicted molar refractivity (Wildman–Crippen MR) is 109 cm³/mol. The second-order valence-electron chi connectivity index (χ2n) is 6.62. The summed E-state index contributed by atoms with van der Waals surface area (Å²) in [6.45, 7) is 6.30. The van der Waals surface area contributed by atoms with E-state index in [0.29, 0.717) is 16.2 Å². The molecule has 0 saturated carbocycles. The summed E-state index contributed by atoms with van der Waals surface area (Å²) in [5.41, 5.74) is 2.17. The molecule has 0 aliphatic rings. The summed E-state index contributed by atoms with van der Waals surface area (Å²) >= 11 is 2.77. The molecule has 0 saturated heterocycles. The Balaban J connectivity index is 1.60. The SMILES string of the molecule is Cc1ccccc1-c1nnc(SCC(=O)Nc2nnc(CC(C)C)s2)n1C. The first-order valence-electron chi connectivity index (χ1n) is 8.64. The highest BCUT2D eigenvalue weighted by Crippen LogP contribution is 2.25. The summed E-state index contributed by atoms with van der Waals surface area (Å²) in [6, 6.07) is 8.03. The van der Waals surface area contributed by atoms with Crippen LogP contribution in [0.4, 0.5) is 5.13 Å². The average molecular weight is 403 g/mol. The Morgan fingerprint density at radius 1 is 1.22 bits per heavy atom. The van der Waals surface area contributed by atoms with Crippen molar-refractivity contribution in [2.75, 3.05) is 11.1 Å². The molecule has 3 rings (SSSR count). The lowest BCUT2D eigenvalue weighted by Crippen LogP contribution is -2.14. The number of nitrogens with zero attached hydrogens (tertiary/aromatic N) is 5. The molecule has 0 fully saturated rings. The first-order valence-corrected chi connectivity index (χ1v) is 10.4. The number of rotatable bonds is 7. The molecule has 1 amide bonds. The zero-order valence-electron chi connectivity index (χ0n) is 15.8. The van der Waals surface area contributed by atoms with Gasteiger partial charge >= 0.3 is 0 Å². The van der Waals surface area contributed by atoms with Gasteiger partial charge in [0.05, 0.1) is 5.75 Å². The number of anilines is 1. The van der Waals surface area contributed by atoms with Crippen LogP contribution in [0.25, 0.3) is 11.4 Å². The van der Waals surface area contributed by atoms with Gasteiger partial charge in [0.25, 0.3) is 0 Å². The van der Waals surface area contributed by atoms with Crippen molar-refractivity contribution in [1.29, 1.82) is 0 Å². The minimum absolute atomic E-state index is 0.132. The Hall–Kier alpha value is -2.26. The number of aromatic nitrogens is 5. The van der Waals surface area contributed by atoms with Crippen molar-refractivity contribution >= 4 is 34.1 Å². The van der Waals surface area contributed by atoms with Crippen LogP contribution in [-0.2, 0) is 18.3 Å². The molecule has 1 aromatic carbocycles. The normalized spacial score (nSPS) is 11.1. The van der Waals surface area contributed by atoms with Crippen LogP contribution in [0.2, 0.25) is 0 Å². The number of aryl methyl sites for hydroxylation is 1. The highest BCUT2D eigenvalue weighted by atomic mass is 32.2. The third kappa shape index (κ3) is 4.92. The molecule has 0 aliphatic carbocycles. The maximum Gasteiger partial charge on any atom is 0.236 e. The molecular formula is C18H22N6OS2. The minimum Gasteiger partial charge on any atom is -0.305 e. The van der Waals surface area contributed by atoms with E-state index in [9.17, 15) is 4.79 Å². The standard InChI is InChI=1S/C18H22N6OS2/c1-11(2)9-15-20-22-17(27-15)19-14(25)10-26-18-23-21-16(24(18)4)13-8-6-5-7-12(13)3/h5-8,11H,9-10H2,1-4H3,(H,19,22,25). The van der Waals surface area contributed by atoms with E-state index in [1.807, 2.05) is 42.8 Å². The fourth-order valence-corrected chi connectivity index (χ4v) is 4.20. The summed E-state index contributed by atoms with van der Waals surface area (Å²) in [5, 5.41) is 21.6. The van der Waals surface area contributed by atoms with Gasteiger partial charge in [0, 0.05) is 19.0 Å². The Morgan fingerprint density at radius 2 is 2.00 bits per heavy atom. The summed E-state index contributed by atoms with van der Waals surface area (Å²) in [6.07, 6.45) is 0.864. The van der Waals surface area contributed by atoms with Crippen LogP contribution in [0, 0.1) is 12.8 Å². The van der Waals surface area contributed by atoms with E-state index >= 15 is 0 Å². The number of carbonyl (C=O) groups is 1. The van der Waals surface area contributed by atoms with Gasteiger partial charge in [-0.1, -0.05) is 61.2 Å². The lowest BCUT2D eigenvalue weighted by molar-refractivity contribution is -0.113. The maximum atomic E-state index is 12.2. The molecule has 2 aromatic heterocycles. The van der Waals surface area contributed by atoms with Gasteiger partial charge < -0.3 is 4.57 Å². The van der Waals surface area contributed by atoms with E-state index in [4.69, 9.17) is 0 Å². The van der Waals surface area contributed by atoms with Crippen molar-refractivity contribution in [3.05, 3.63) is 34.8 Å². The number of nitrogens with one attached hydrogen (secondary N) is 1. The molecule has 0 bridgehead atoms. The van der Waals surface area contributed by atoms with E-state index in [-0.39, 0.29) is 11.7 Å². The van der Waals surface area contributed by atoms with Crippen LogP contribution in [-0.4, -0.2) is 36.6 Å². The van der Waals surface area contributed by atoms with E-state index in [0.717, 1.165) is 28.4 Å². The van der Waals surface area contributed by atoms with Crippen LogP contribution in [0.3, 0.4) is 0 Å². The largest absolute Gasteiger partial charge is 0.305 e. The van der Waals surface area contributed by atoms with Crippen LogP contribution >= 0.6 is 23.1 Å². The topological polar surface area (TPSA) is 85.6 Å².